The van der Waals surface area contributed by atoms with Crippen LogP contribution in [0.3, 0.4) is 0 Å². The fourth-order valence-electron chi connectivity index (χ4n) is 3.97. The van der Waals surface area contributed by atoms with Crippen LogP contribution < -0.4 is 5.32 Å². The van der Waals surface area contributed by atoms with E-state index in [1.807, 2.05) is 4.90 Å². The van der Waals surface area contributed by atoms with E-state index in [0.717, 1.165) is 24.5 Å². The van der Waals surface area contributed by atoms with Crippen molar-refractivity contribution in [2.24, 2.45) is 0 Å². The van der Waals surface area contributed by atoms with Crippen molar-refractivity contribution < 1.29 is 22.0 Å². The number of benzene rings is 1. The highest BCUT2D eigenvalue weighted by atomic mass is 79.9. The van der Waals surface area contributed by atoms with Gasteiger partial charge in [0, 0.05) is 22.3 Å². The van der Waals surface area contributed by atoms with E-state index < -0.39 is 23.5 Å². The predicted octanol–water partition coefficient (Wildman–Crippen LogP) is 5.60. The second-order valence-corrected chi connectivity index (χ2v) is 8.01. The lowest BCUT2D eigenvalue weighted by Gasteiger charge is -2.38. The maximum absolute atomic E-state index is 14.3. The molecule has 3 heterocycles. The Kier molecular flexibility index (Phi) is 4.81. The van der Waals surface area contributed by atoms with E-state index in [-0.39, 0.29) is 27.4 Å². The average Bonchev–Trinajstić information content (AvgIpc) is 2.93. The van der Waals surface area contributed by atoms with E-state index in [9.17, 15) is 22.0 Å². The Hall–Kier alpha value is -1.81. The molecule has 0 aliphatic carbocycles. The molecule has 0 radical (unpaired) electrons. The van der Waals surface area contributed by atoms with Gasteiger partial charge < -0.3 is 10.2 Å². The second-order valence-electron chi connectivity index (χ2n) is 6.77. The van der Waals surface area contributed by atoms with Crippen LogP contribution >= 0.6 is 28.1 Å². The minimum absolute atomic E-state index is 0.0721. The van der Waals surface area contributed by atoms with Crippen LogP contribution in [-0.2, 0) is 12.6 Å². The van der Waals surface area contributed by atoms with E-state index >= 15 is 0 Å². The van der Waals surface area contributed by atoms with Crippen LogP contribution in [0.4, 0.5) is 27.6 Å². The standard InChI is InChI=1S/C18H13BrF5N3S/c19-12-7-14(13(20)6-11(12)18(22,23)24)26-17(28)27-8-1-2-15(27)9-3-4-25-16(21)10(9)5-8/h3-4,6-8,15H,1-2,5H2,(H,26,28)/t8-,15+/m0/s1. The van der Waals surface area contributed by atoms with Crippen LogP contribution in [0.1, 0.15) is 35.6 Å². The number of rotatable bonds is 1. The number of hydrogen-bond acceptors (Lipinski definition) is 2. The Labute approximate surface area is 171 Å². The third-order valence-corrected chi connectivity index (χ3v) is 6.15. The number of aromatic nitrogens is 1. The van der Waals surface area contributed by atoms with Crippen LogP contribution in [-0.4, -0.2) is 21.0 Å². The van der Waals surface area contributed by atoms with Crippen molar-refractivity contribution in [2.45, 2.75) is 37.5 Å². The highest BCUT2D eigenvalue weighted by Crippen LogP contribution is 2.44. The van der Waals surface area contributed by atoms with Gasteiger partial charge in [-0.1, -0.05) is 15.9 Å². The summed E-state index contributed by atoms with van der Waals surface area (Å²) in [7, 11) is 0. The number of halogens is 6. The van der Waals surface area contributed by atoms with Gasteiger partial charge in [0.1, 0.15) is 5.82 Å². The summed E-state index contributed by atoms with van der Waals surface area (Å²) in [5, 5.41) is 2.92. The third kappa shape index (κ3) is 3.26. The monoisotopic (exact) mass is 477 g/mol. The zero-order valence-corrected chi connectivity index (χ0v) is 16.6. The molecule has 1 saturated heterocycles. The summed E-state index contributed by atoms with van der Waals surface area (Å²) in [5.41, 5.74) is 0.101. The summed E-state index contributed by atoms with van der Waals surface area (Å²) >= 11 is 8.26. The highest BCUT2D eigenvalue weighted by molar-refractivity contribution is 9.10. The van der Waals surface area contributed by atoms with Crippen molar-refractivity contribution in [3.05, 3.63) is 57.3 Å². The molecule has 10 heteroatoms. The van der Waals surface area contributed by atoms with Gasteiger partial charge in [-0.2, -0.15) is 17.6 Å². The number of nitrogens with one attached hydrogen (secondary N) is 1. The molecule has 148 valence electrons. The minimum atomic E-state index is -4.67. The largest absolute Gasteiger partial charge is 0.417 e. The molecule has 28 heavy (non-hydrogen) atoms. The molecule has 0 unspecified atom stereocenters. The molecule has 2 atom stereocenters. The molecule has 1 aromatic carbocycles. The fraction of sp³-hybridized carbons (Fsp3) is 0.333. The van der Waals surface area contributed by atoms with Gasteiger partial charge in [0.2, 0.25) is 5.95 Å². The minimum Gasteiger partial charge on any atom is -0.339 e. The summed E-state index contributed by atoms with van der Waals surface area (Å²) in [6.45, 7) is 0. The van der Waals surface area contributed by atoms with E-state index in [0.29, 0.717) is 18.1 Å². The maximum atomic E-state index is 14.3. The number of nitrogens with zero attached hydrogens (tertiary/aromatic N) is 2. The molecule has 2 bridgehead atoms. The Bertz CT molecular complexity index is 965. The molecule has 2 aromatic rings. The van der Waals surface area contributed by atoms with Crippen LogP contribution in [0.15, 0.2) is 28.9 Å². The smallest absolute Gasteiger partial charge is 0.339 e. The van der Waals surface area contributed by atoms with Crippen molar-refractivity contribution >= 4 is 38.9 Å². The first-order valence-electron chi connectivity index (χ1n) is 8.45. The SMILES string of the molecule is Fc1cc(C(F)(F)F)c(Br)cc1NC(=S)N1[C@H]2CC[C@@H]1c1ccnc(F)c1C2. The lowest BCUT2D eigenvalue weighted by Crippen LogP contribution is -2.44. The quantitative estimate of drug-likeness (QED) is 0.328. The highest BCUT2D eigenvalue weighted by Gasteiger charge is 2.42. The number of hydrogen-bond donors (Lipinski definition) is 1. The molecule has 2 aliphatic heterocycles. The molecular weight excluding hydrogens is 465 g/mol. The van der Waals surface area contributed by atoms with Crippen molar-refractivity contribution in [2.75, 3.05) is 5.32 Å². The molecule has 4 rings (SSSR count). The van der Waals surface area contributed by atoms with Gasteiger partial charge in [-0.25, -0.2) is 9.37 Å². The Morgan fingerprint density at radius 2 is 2.00 bits per heavy atom. The molecular formula is C18H13BrF5N3S. The molecule has 0 saturated carbocycles. The first-order valence-corrected chi connectivity index (χ1v) is 9.65. The summed E-state index contributed by atoms with van der Waals surface area (Å²) in [6, 6.07) is 2.95. The number of thiocarbonyl (C=S) groups is 1. The number of fused-ring (bicyclic) bond motifs is 4. The third-order valence-electron chi connectivity index (χ3n) is 5.18. The summed E-state index contributed by atoms with van der Waals surface area (Å²) < 4.78 is 66.7. The summed E-state index contributed by atoms with van der Waals surface area (Å²) in [5.74, 6) is -1.55. The van der Waals surface area contributed by atoms with Gasteiger partial charge in [-0.05, 0) is 55.2 Å². The van der Waals surface area contributed by atoms with Crippen LogP contribution in [0.5, 0.6) is 0 Å². The van der Waals surface area contributed by atoms with Crippen LogP contribution in [0.2, 0.25) is 0 Å². The number of pyridine rings is 1. The number of alkyl halides is 3. The molecule has 0 spiro atoms. The normalized spacial score (nSPS) is 20.9. The Morgan fingerprint density at radius 3 is 2.71 bits per heavy atom. The number of anilines is 1. The van der Waals surface area contributed by atoms with E-state index in [1.54, 1.807) is 6.07 Å². The van der Waals surface area contributed by atoms with Crippen molar-refractivity contribution in [3.63, 3.8) is 0 Å². The van der Waals surface area contributed by atoms with E-state index in [2.05, 4.69) is 26.2 Å². The van der Waals surface area contributed by atoms with E-state index in [1.165, 1.54) is 6.20 Å². The second kappa shape index (κ2) is 6.91. The van der Waals surface area contributed by atoms with Crippen molar-refractivity contribution in [1.82, 2.24) is 9.88 Å². The average molecular weight is 478 g/mol. The van der Waals surface area contributed by atoms with Gasteiger partial charge in [0.15, 0.2) is 5.11 Å². The first kappa shape index (κ1) is 19.5. The fourth-order valence-corrected chi connectivity index (χ4v) is 4.92. The molecule has 2 aliphatic rings. The zero-order chi connectivity index (χ0) is 20.2. The van der Waals surface area contributed by atoms with Crippen molar-refractivity contribution in [3.8, 4) is 0 Å². The van der Waals surface area contributed by atoms with Gasteiger partial charge in [0.05, 0.1) is 17.3 Å². The Balaban J connectivity index is 1.61. The van der Waals surface area contributed by atoms with Gasteiger partial charge in [-0.15, -0.1) is 0 Å². The van der Waals surface area contributed by atoms with Gasteiger partial charge in [0.25, 0.3) is 0 Å². The Morgan fingerprint density at radius 1 is 1.25 bits per heavy atom. The van der Waals surface area contributed by atoms with E-state index in [4.69, 9.17) is 12.2 Å². The summed E-state index contributed by atoms with van der Waals surface area (Å²) in [4.78, 5) is 5.57. The zero-order valence-electron chi connectivity index (χ0n) is 14.2. The lowest BCUT2D eigenvalue weighted by atomic mass is 9.95. The predicted molar refractivity (Wildman–Crippen MR) is 101 cm³/mol. The first-order chi connectivity index (χ1) is 13.2. The molecule has 1 N–H and O–H groups in total. The lowest BCUT2D eigenvalue weighted by molar-refractivity contribution is -0.138. The molecule has 1 fully saturated rings. The molecule has 3 nitrogen and oxygen atoms in total. The maximum Gasteiger partial charge on any atom is 0.417 e. The van der Waals surface area contributed by atoms with Gasteiger partial charge in [-0.3, -0.25) is 0 Å². The topological polar surface area (TPSA) is 28.2 Å². The molecule has 0 amide bonds. The molecule has 1 aromatic heterocycles. The van der Waals surface area contributed by atoms with Crippen molar-refractivity contribution in [1.29, 1.82) is 0 Å². The van der Waals surface area contributed by atoms with Crippen LogP contribution in [0.25, 0.3) is 0 Å². The van der Waals surface area contributed by atoms with Gasteiger partial charge >= 0.3 is 6.18 Å². The summed E-state index contributed by atoms with van der Waals surface area (Å²) in [6.07, 6.45) is -1.32. The van der Waals surface area contributed by atoms with Crippen LogP contribution in [0, 0.1) is 11.8 Å².